The van der Waals surface area contributed by atoms with Crippen molar-refractivity contribution < 1.29 is 15.0 Å². The number of likely N-dealkylation sites (tertiary alicyclic amines) is 2. The number of halogens is 1. The summed E-state index contributed by atoms with van der Waals surface area (Å²) >= 11 is 6.87. The summed E-state index contributed by atoms with van der Waals surface area (Å²) in [6.45, 7) is 2.15. The Morgan fingerprint density at radius 3 is 2.36 bits per heavy atom. The van der Waals surface area contributed by atoms with Gasteiger partial charge in [0.2, 0.25) is 0 Å². The Balaban J connectivity index is 1.56. The van der Waals surface area contributed by atoms with Crippen molar-refractivity contribution in [1.29, 1.82) is 0 Å². The second-order valence-corrected chi connectivity index (χ2v) is 11.1. The molecule has 2 fully saturated rings. The first-order valence-electron chi connectivity index (χ1n) is 13.1. The zero-order chi connectivity index (χ0) is 27.4. The molecule has 0 unspecified atom stereocenters. The molecule has 1 amide bonds. The van der Waals surface area contributed by atoms with Gasteiger partial charge in [0.15, 0.2) is 0 Å². The van der Waals surface area contributed by atoms with Gasteiger partial charge in [-0.15, -0.1) is 0 Å². The molecule has 1 atom stereocenters. The number of fused-ring (bicyclic) bond motifs is 2. The van der Waals surface area contributed by atoms with Crippen molar-refractivity contribution in [2.75, 3.05) is 26.7 Å². The van der Waals surface area contributed by atoms with Crippen LogP contribution < -0.4 is 11.1 Å². The molecule has 0 saturated carbocycles. The summed E-state index contributed by atoms with van der Waals surface area (Å²) in [6, 6.07) is 14.7. The molecule has 39 heavy (non-hydrogen) atoms. The first-order valence-corrected chi connectivity index (χ1v) is 13.5. The zero-order valence-electron chi connectivity index (χ0n) is 21.5. The highest BCUT2D eigenvalue weighted by atomic mass is 35.5. The van der Waals surface area contributed by atoms with Gasteiger partial charge in [0.1, 0.15) is 5.75 Å². The number of rotatable bonds is 5. The summed E-state index contributed by atoms with van der Waals surface area (Å²) in [7, 11) is 2.03. The monoisotopic (exact) mass is 548 g/mol. The first kappa shape index (κ1) is 25.5. The van der Waals surface area contributed by atoms with Crippen molar-refractivity contribution in [3.05, 3.63) is 74.3 Å². The van der Waals surface area contributed by atoms with E-state index >= 15 is 0 Å². The van der Waals surface area contributed by atoms with Crippen LogP contribution in [-0.2, 0) is 13.1 Å². The number of benzene rings is 3. The Bertz CT molecular complexity index is 1740. The predicted molar refractivity (Wildman–Crippen MR) is 151 cm³/mol. The number of phenolic OH excluding ortho intramolecular Hbond substituents is 1. The number of amides is 1. The molecule has 3 heterocycles. The van der Waals surface area contributed by atoms with E-state index in [9.17, 15) is 24.6 Å². The van der Waals surface area contributed by atoms with Crippen LogP contribution in [0.4, 0.5) is 4.79 Å². The van der Waals surface area contributed by atoms with Gasteiger partial charge in [0, 0.05) is 43.7 Å². The molecule has 0 aliphatic carbocycles. The molecule has 10 heteroatoms. The Morgan fingerprint density at radius 1 is 0.974 bits per heavy atom. The predicted octanol–water partition coefficient (Wildman–Crippen LogP) is 4.05. The number of aromatic nitrogens is 2. The van der Waals surface area contributed by atoms with Crippen molar-refractivity contribution in [2.24, 2.45) is 5.92 Å². The zero-order valence-corrected chi connectivity index (χ0v) is 22.3. The Labute approximate surface area is 229 Å². The fourth-order valence-electron chi connectivity index (χ4n) is 6.04. The fourth-order valence-corrected chi connectivity index (χ4v) is 6.30. The smallest absolute Gasteiger partial charge is 0.407 e. The lowest BCUT2D eigenvalue weighted by atomic mass is 9.97. The Kier molecular flexibility index (Phi) is 6.35. The van der Waals surface area contributed by atoms with E-state index in [4.69, 9.17) is 11.6 Å². The van der Waals surface area contributed by atoms with Gasteiger partial charge in [-0.05, 0) is 67.0 Å². The van der Waals surface area contributed by atoms with E-state index in [0.717, 1.165) is 35.7 Å². The maximum Gasteiger partial charge on any atom is 0.407 e. The minimum atomic E-state index is -0.995. The van der Waals surface area contributed by atoms with Crippen LogP contribution in [0.2, 0.25) is 5.02 Å². The number of carbonyl (C=O) groups is 1. The third-order valence-electron chi connectivity index (χ3n) is 8.19. The van der Waals surface area contributed by atoms with Gasteiger partial charge < -0.3 is 29.1 Å². The average Bonchev–Trinajstić information content (AvgIpc) is 3.28. The Morgan fingerprint density at radius 2 is 1.67 bits per heavy atom. The topological polar surface area (TPSA) is 108 Å². The van der Waals surface area contributed by atoms with Gasteiger partial charge in [0.05, 0.1) is 16.1 Å². The fraction of sp³-hybridized carbons (Fsp3) is 0.345. The molecular weight excluding hydrogens is 520 g/mol. The van der Waals surface area contributed by atoms with Crippen LogP contribution in [0.15, 0.2) is 58.1 Å². The van der Waals surface area contributed by atoms with Crippen LogP contribution in [0.25, 0.3) is 32.9 Å². The lowest BCUT2D eigenvalue weighted by Crippen LogP contribution is -2.53. The SMILES string of the molecule is CN1CCC[C@H]1Cn1c(=O)c(=O)n(CC2CN(C(=O)O)C2)c2cc(Cl)c(-c3cc(O)cc4ccccc34)cc21. The minimum Gasteiger partial charge on any atom is -0.508 e. The van der Waals surface area contributed by atoms with Crippen LogP contribution in [0.5, 0.6) is 5.75 Å². The molecule has 3 aromatic carbocycles. The van der Waals surface area contributed by atoms with Gasteiger partial charge in [-0.1, -0.05) is 35.9 Å². The largest absolute Gasteiger partial charge is 0.508 e. The van der Waals surface area contributed by atoms with Gasteiger partial charge in [-0.2, -0.15) is 0 Å². The number of aromatic hydroxyl groups is 1. The van der Waals surface area contributed by atoms with Gasteiger partial charge in [0.25, 0.3) is 0 Å². The molecule has 202 valence electrons. The van der Waals surface area contributed by atoms with Crippen molar-refractivity contribution in [3.63, 3.8) is 0 Å². The number of phenols is 1. The van der Waals surface area contributed by atoms with Crippen molar-refractivity contribution in [1.82, 2.24) is 18.9 Å². The third kappa shape index (κ3) is 4.45. The maximum absolute atomic E-state index is 13.6. The summed E-state index contributed by atoms with van der Waals surface area (Å²) in [5.74, 6) is 0.0226. The minimum absolute atomic E-state index is 0.0771. The quantitative estimate of drug-likeness (QED) is 0.364. The van der Waals surface area contributed by atoms with Crippen molar-refractivity contribution >= 4 is 39.5 Å². The van der Waals surface area contributed by atoms with Gasteiger partial charge >= 0.3 is 17.2 Å². The average molecular weight is 549 g/mol. The van der Waals surface area contributed by atoms with Crippen LogP contribution in [0.3, 0.4) is 0 Å². The van der Waals surface area contributed by atoms with Crippen LogP contribution >= 0.6 is 11.6 Å². The van der Waals surface area contributed by atoms with E-state index < -0.39 is 17.2 Å². The first-order chi connectivity index (χ1) is 18.7. The molecule has 1 aromatic heterocycles. The van der Waals surface area contributed by atoms with Crippen LogP contribution in [-0.4, -0.2) is 68.0 Å². The summed E-state index contributed by atoms with van der Waals surface area (Å²) in [4.78, 5) is 41.8. The van der Waals surface area contributed by atoms with E-state index in [1.165, 1.54) is 9.47 Å². The molecule has 2 aliphatic rings. The molecule has 2 N–H and O–H groups in total. The van der Waals surface area contributed by atoms with Crippen molar-refractivity contribution in [2.45, 2.75) is 32.0 Å². The number of nitrogens with zero attached hydrogens (tertiary/aromatic N) is 4. The lowest BCUT2D eigenvalue weighted by molar-refractivity contribution is 0.0748. The van der Waals surface area contributed by atoms with E-state index in [0.29, 0.717) is 41.3 Å². The normalized spacial score (nSPS) is 18.2. The van der Waals surface area contributed by atoms with Gasteiger partial charge in [-0.25, -0.2) is 4.79 Å². The van der Waals surface area contributed by atoms with E-state index in [1.807, 2.05) is 37.4 Å². The summed E-state index contributed by atoms with van der Waals surface area (Å²) in [6.07, 6.45) is 0.961. The molecule has 2 saturated heterocycles. The second kappa shape index (κ2) is 9.73. The standard InChI is InChI=1S/C29H29ClN4O5/c1-31-8-4-6-19(31)16-34-25-11-23(22-10-20(35)9-18-5-2-3-7-21(18)22)24(30)12-26(25)33(27(36)28(34)37)15-17-13-32(14-17)29(38)39/h2-3,5,7,9-12,17,19,35H,4,6,8,13-16H2,1H3,(H,38,39)/t19-/m0/s1. The number of hydrogen-bond donors (Lipinski definition) is 2. The highest BCUT2D eigenvalue weighted by molar-refractivity contribution is 6.34. The third-order valence-corrected chi connectivity index (χ3v) is 8.50. The number of carboxylic acid groups (broad SMARTS) is 1. The molecule has 0 bridgehead atoms. The molecule has 0 spiro atoms. The number of likely N-dealkylation sites (N-methyl/N-ethyl adjacent to an activating group) is 1. The molecule has 9 nitrogen and oxygen atoms in total. The highest BCUT2D eigenvalue weighted by Gasteiger charge is 2.32. The van der Waals surface area contributed by atoms with E-state index in [-0.39, 0.29) is 24.3 Å². The molecule has 0 radical (unpaired) electrons. The Hall–Kier alpha value is -3.82. The summed E-state index contributed by atoms with van der Waals surface area (Å²) in [5, 5.41) is 21.8. The summed E-state index contributed by atoms with van der Waals surface area (Å²) in [5.41, 5.74) is 1.25. The highest BCUT2D eigenvalue weighted by Crippen LogP contribution is 2.38. The second-order valence-electron chi connectivity index (χ2n) is 10.7. The molecule has 4 aromatic rings. The molecule has 6 rings (SSSR count). The van der Waals surface area contributed by atoms with E-state index in [1.54, 1.807) is 22.8 Å². The number of hydrogen-bond acceptors (Lipinski definition) is 5. The maximum atomic E-state index is 13.6. The molecule has 2 aliphatic heterocycles. The summed E-state index contributed by atoms with van der Waals surface area (Å²) < 4.78 is 3.02. The van der Waals surface area contributed by atoms with Crippen LogP contribution in [0.1, 0.15) is 12.8 Å². The lowest BCUT2D eigenvalue weighted by Gasteiger charge is -2.37. The molecular formula is C29H29ClN4O5. The van der Waals surface area contributed by atoms with Gasteiger partial charge in [-0.3, -0.25) is 9.59 Å². The van der Waals surface area contributed by atoms with Crippen molar-refractivity contribution in [3.8, 4) is 16.9 Å². The van der Waals surface area contributed by atoms with E-state index in [2.05, 4.69) is 4.90 Å². The van der Waals surface area contributed by atoms with Crippen LogP contribution in [0, 0.1) is 5.92 Å².